The van der Waals surface area contributed by atoms with Gasteiger partial charge in [0.15, 0.2) is 0 Å². The Hall–Kier alpha value is -1.13. The largest absolute Gasteiger partial charge is 0.327 e. The van der Waals surface area contributed by atoms with Crippen molar-refractivity contribution in [3.63, 3.8) is 0 Å². The second-order valence-electron chi connectivity index (χ2n) is 4.80. The number of para-hydroxylation sites is 1. The van der Waals surface area contributed by atoms with Crippen molar-refractivity contribution in [1.82, 2.24) is 9.97 Å². The monoisotopic (exact) mass is 259 g/mol. The quantitative estimate of drug-likeness (QED) is 0.842. The minimum Gasteiger partial charge on any atom is -0.327 e. The maximum Gasteiger partial charge on any atom is 0.117 e. The fourth-order valence-corrected chi connectivity index (χ4v) is 3.78. The molecule has 0 radical (unpaired) electrons. The fraction of sp³-hybridized carbons (Fsp3) is 0.429. The number of hydrogen-bond acceptors (Lipinski definition) is 4. The van der Waals surface area contributed by atoms with Crippen LogP contribution in [0, 0.1) is 0 Å². The van der Waals surface area contributed by atoms with Crippen molar-refractivity contribution in [1.29, 1.82) is 0 Å². The molecule has 1 saturated carbocycles. The molecule has 1 aromatic carbocycles. The van der Waals surface area contributed by atoms with Crippen molar-refractivity contribution >= 4 is 22.7 Å². The van der Waals surface area contributed by atoms with E-state index in [2.05, 4.69) is 16.0 Å². The highest BCUT2D eigenvalue weighted by molar-refractivity contribution is 8.00. The van der Waals surface area contributed by atoms with Gasteiger partial charge in [-0.1, -0.05) is 31.0 Å². The summed E-state index contributed by atoms with van der Waals surface area (Å²) >= 11 is 1.83. The summed E-state index contributed by atoms with van der Waals surface area (Å²) in [4.78, 5) is 8.73. The van der Waals surface area contributed by atoms with Gasteiger partial charge in [0.2, 0.25) is 0 Å². The number of aromatic nitrogens is 2. The molecular formula is C14H17N3S. The van der Waals surface area contributed by atoms with Crippen LogP contribution in [0.25, 0.3) is 10.9 Å². The van der Waals surface area contributed by atoms with Gasteiger partial charge in [0, 0.05) is 16.7 Å². The number of fused-ring (bicyclic) bond motifs is 1. The lowest BCUT2D eigenvalue weighted by atomic mass is 9.96. The third-order valence-electron chi connectivity index (χ3n) is 3.52. The Balaban J connectivity index is 1.90. The van der Waals surface area contributed by atoms with Crippen LogP contribution < -0.4 is 5.73 Å². The molecule has 0 saturated heterocycles. The van der Waals surface area contributed by atoms with Gasteiger partial charge in [-0.05, 0) is 18.9 Å². The lowest BCUT2D eigenvalue weighted by molar-refractivity contribution is 0.453. The van der Waals surface area contributed by atoms with Crippen molar-refractivity contribution in [3.05, 3.63) is 30.6 Å². The van der Waals surface area contributed by atoms with Crippen LogP contribution in [0.1, 0.15) is 25.7 Å². The molecular weight excluding hydrogens is 242 g/mol. The Kier molecular flexibility index (Phi) is 3.48. The number of nitrogens with zero attached hydrogens (tertiary/aromatic N) is 2. The second-order valence-corrected chi connectivity index (χ2v) is 6.03. The summed E-state index contributed by atoms with van der Waals surface area (Å²) in [5.41, 5.74) is 7.22. The summed E-state index contributed by atoms with van der Waals surface area (Å²) in [6.07, 6.45) is 6.54. The van der Waals surface area contributed by atoms with Crippen LogP contribution in [0.4, 0.5) is 0 Å². The lowest BCUT2D eigenvalue weighted by Crippen LogP contribution is -2.35. The van der Waals surface area contributed by atoms with Crippen LogP contribution in [0.3, 0.4) is 0 Å². The molecule has 4 heteroatoms. The third kappa shape index (κ3) is 2.35. The summed E-state index contributed by atoms with van der Waals surface area (Å²) in [7, 11) is 0. The molecule has 2 N–H and O–H groups in total. The number of nitrogens with two attached hydrogens (primary N) is 1. The summed E-state index contributed by atoms with van der Waals surface area (Å²) < 4.78 is 0. The van der Waals surface area contributed by atoms with E-state index in [-0.39, 0.29) is 0 Å². The highest BCUT2D eigenvalue weighted by Crippen LogP contribution is 2.34. The van der Waals surface area contributed by atoms with Crippen molar-refractivity contribution < 1.29 is 0 Å². The first kappa shape index (κ1) is 11.9. The number of benzene rings is 1. The molecule has 1 aliphatic rings. The molecule has 2 unspecified atom stereocenters. The molecule has 3 rings (SSSR count). The van der Waals surface area contributed by atoms with E-state index in [0.29, 0.717) is 11.3 Å². The van der Waals surface area contributed by atoms with Crippen LogP contribution in [0.5, 0.6) is 0 Å². The van der Waals surface area contributed by atoms with Crippen molar-refractivity contribution in [3.8, 4) is 0 Å². The van der Waals surface area contributed by atoms with Gasteiger partial charge in [0.1, 0.15) is 11.4 Å². The zero-order chi connectivity index (χ0) is 12.4. The van der Waals surface area contributed by atoms with E-state index in [9.17, 15) is 0 Å². The molecule has 2 aromatic rings. The molecule has 1 fully saturated rings. The van der Waals surface area contributed by atoms with E-state index >= 15 is 0 Å². The van der Waals surface area contributed by atoms with E-state index in [1.807, 2.05) is 30.0 Å². The normalized spacial score (nSPS) is 24.3. The summed E-state index contributed by atoms with van der Waals surface area (Å²) in [5.74, 6) is 0. The Morgan fingerprint density at radius 1 is 1.11 bits per heavy atom. The molecule has 18 heavy (non-hydrogen) atoms. The maximum absolute atomic E-state index is 6.21. The Bertz CT molecular complexity index is 538. The first-order valence-corrected chi connectivity index (χ1v) is 7.34. The minimum absolute atomic E-state index is 0.303. The van der Waals surface area contributed by atoms with E-state index < -0.39 is 0 Å². The molecule has 0 spiro atoms. The van der Waals surface area contributed by atoms with Gasteiger partial charge in [-0.3, -0.25) is 0 Å². The summed E-state index contributed by atoms with van der Waals surface area (Å²) in [6.45, 7) is 0. The Morgan fingerprint density at radius 2 is 1.94 bits per heavy atom. The molecule has 0 bridgehead atoms. The predicted molar refractivity (Wildman–Crippen MR) is 75.6 cm³/mol. The number of rotatable bonds is 2. The molecule has 0 amide bonds. The Labute approximate surface area is 111 Å². The molecule has 1 heterocycles. The number of hydrogen-bond donors (Lipinski definition) is 1. The standard InChI is InChI=1S/C14H17N3S/c15-11-6-2-4-8-13(11)18-14-10-5-1-3-7-12(10)16-9-17-14/h1,3,5,7,9,11,13H,2,4,6,8,15H2. The van der Waals surface area contributed by atoms with Crippen LogP contribution in [0.15, 0.2) is 35.6 Å². The second kappa shape index (κ2) is 5.24. The zero-order valence-electron chi connectivity index (χ0n) is 10.2. The van der Waals surface area contributed by atoms with Gasteiger partial charge in [-0.25, -0.2) is 9.97 Å². The van der Waals surface area contributed by atoms with Crippen LogP contribution in [-0.2, 0) is 0 Å². The average Bonchev–Trinajstić information content (AvgIpc) is 2.42. The van der Waals surface area contributed by atoms with E-state index in [1.54, 1.807) is 6.33 Å². The third-order valence-corrected chi connectivity index (χ3v) is 4.96. The number of thioether (sulfide) groups is 1. The molecule has 1 aliphatic carbocycles. The van der Waals surface area contributed by atoms with Gasteiger partial charge < -0.3 is 5.73 Å². The topological polar surface area (TPSA) is 51.8 Å². The van der Waals surface area contributed by atoms with Gasteiger partial charge in [-0.15, -0.1) is 11.8 Å². The maximum atomic E-state index is 6.21. The van der Waals surface area contributed by atoms with E-state index in [1.165, 1.54) is 19.3 Å². The van der Waals surface area contributed by atoms with Crippen LogP contribution in [0.2, 0.25) is 0 Å². The highest BCUT2D eigenvalue weighted by atomic mass is 32.2. The zero-order valence-corrected chi connectivity index (χ0v) is 11.1. The lowest BCUT2D eigenvalue weighted by Gasteiger charge is -2.27. The smallest absolute Gasteiger partial charge is 0.117 e. The fourth-order valence-electron chi connectivity index (χ4n) is 2.49. The molecule has 0 aliphatic heterocycles. The first-order chi connectivity index (χ1) is 8.84. The van der Waals surface area contributed by atoms with Crippen LogP contribution >= 0.6 is 11.8 Å². The molecule has 94 valence electrons. The highest BCUT2D eigenvalue weighted by Gasteiger charge is 2.23. The van der Waals surface area contributed by atoms with Crippen molar-refractivity contribution in [2.45, 2.75) is 42.0 Å². The van der Waals surface area contributed by atoms with Gasteiger partial charge in [0.05, 0.1) is 5.52 Å². The van der Waals surface area contributed by atoms with Crippen molar-refractivity contribution in [2.75, 3.05) is 0 Å². The predicted octanol–water partition coefficient (Wildman–Crippen LogP) is 2.99. The summed E-state index contributed by atoms with van der Waals surface area (Å²) in [6, 6.07) is 8.47. The van der Waals surface area contributed by atoms with Gasteiger partial charge in [0.25, 0.3) is 0 Å². The van der Waals surface area contributed by atoms with Gasteiger partial charge in [-0.2, -0.15) is 0 Å². The van der Waals surface area contributed by atoms with Gasteiger partial charge >= 0.3 is 0 Å². The summed E-state index contributed by atoms with van der Waals surface area (Å²) in [5, 5.41) is 2.71. The Morgan fingerprint density at radius 3 is 2.83 bits per heavy atom. The van der Waals surface area contributed by atoms with E-state index in [0.717, 1.165) is 22.3 Å². The van der Waals surface area contributed by atoms with Crippen LogP contribution in [-0.4, -0.2) is 21.3 Å². The molecule has 2 atom stereocenters. The van der Waals surface area contributed by atoms with E-state index in [4.69, 9.17) is 5.73 Å². The first-order valence-electron chi connectivity index (χ1n) is 6.46. The average molecular weight is 259 g/mol. The SMILES string of the molecule is NC1CCCCC1Sc1ncnc2ccccc12. The molecule has 1 aromatic heterocycles. The molecule has 3 nitrogen and oxygen atoms in total. The van der Waals surface area contributed by atoms with Crippen molar-refractivity contribution in [2.24, 2.45) is 5.73 Å². The minimum atomic E-state index is 0.303.